The maximum atomic E-state index is 2.63. The Kier molecular flexibility index (Phi) is 9.51. The van der Waals surface area contributed by atoms with E-state index >= 15 is 0 Å². The second kappa shape index (κ2) is 11.5. The summed E-state index contributed by atoms with van der Waals surface area (Å²) in [7, 11) is 0. The van der Waals surface area contributed by atoms with Crippen molar-refractivity contribution in [1.29, 1.82) is 0 Å². The van der Waals surface area contributed by atoms with E-state index in [1.807, 2.05) is 0 Å². The van der Waals surface area contributed by atoms with Gasteiger partial charge >= 0.3 is 198 Å². The average molecular weight is 662 g/mol. The summed E-state index contributed by atoms with van der Waals surface area (Å²) in [6.07, 6.45) is 12.3. The molecule has 5 rings (SSSR count). The van der Waals surface area contributed by atoms with Crippen LogP contribution in [0.3, 0.4) is 0 Å². The van der Waals surface area contributed by atoms with Gasteiger partial charge in [-0.15, -0.1) is 0 Å². The second-order valence-electron chi connectivity index (χ2n) is 9.79. The fourth-order valence-corrected chi connectivity index (χ4v) is 44.2. The van der Waals surface area contributed by atoms with Crippen LogP contribution in [0, 0.1) is 13.8 Å². The van der Waals surface area contributed by atoms with Gasteiger partial charge in [-0.2, -0.15) is 0 Å². The monoisotopic (exact) mass is 662 g/mol. The fraction of sp³-hybridized carbons (Fsp3) is 0.448. The molecule has 1 saturated heterocycles. The summed E-state index contributed by atoms with van der Waals surface area (Å²) in [5.41, 5.74) is 13.0. The van der Waals surface area contributed by atoms with Crippen molar-refractivity contribution in [3.8, 4) is 0 Å². The van der Waals surface area contributed by atoms with Crippen LogP contribution in [0.15, 0.2) is 47.5 Å². The largest absolute Gasteiger partial charge is 1.00 e. The van der Waals surface area contributed by atoms with Gasteiger partial charge in [-0.1, -0.05) is 0 Å². The number of rotatable bonds is 4. The summed E-state index contributed by atoms with van der Waals surface area (Å²) in [5, 5.41) is 0. The molecule has 4 heteroatoms. The summed E-state index contributed by atoms with van der Waals surface area (Å²) >= 11 is -2.14. The Bertz CT molecular complexity index is 1040. The molecule has 0 N–H and O–H groups in total. The number of aryl methyl sites for hydroxylation is 2. The number of fused-ring (bicyclic) bond motifs is 2. The zero-order valence-electron chi connectivity index (χ0n) is 20.5. The summed E-state index contributed by atoms with van der Waals surface area (Å²) in [5.74, 6) is 0. The minimum atomic E-state index is -2.14. The molecule has 1 aliphatic heterocycles. The topological polar surface area (TPSA) is 0 Å². The van der Waals surface area contributed by atoms with Crippen LogP contribution >= 0.6 is 0 Å². The smallest absolute Gasteiger partial charge is 1.00 e. The third-order valence-electron chi connectivity index (χ3n) is 8.04. The number of hydrogen-bond donors (Lipinski definition) is 0. The van der Waals surface area contributed by atoms with Crippen molar-refractivity contribution in [2.24, 2.45) is 0 Å². The summed E-state index contributed by atoms with van der Waals surface area (Å²) in [6.45, 7) is 9.50. The third-order valence-corrected chi connectivity index (χ3v) is 39.1. The van der Waals surface area contributed by atoms with E-state index in [9.17, 15) is 0 Å². The Morgan fingerprint density at radius 2 is 1.18 bits per heavy atom. The van der Waals surface area contributed by atoms with Gasteiger partial charge in [0.25, 0.3) is 0 Å². The molecule has 0 nitrogen and oxygen atoms in total. The maximum Gasteiger partial charge on any atom is -1.00 e. The molecule has 3 aliphatic rings. The van der Waals surface area contributed by atoms with Gasteiger partial charge < -0.3 is 24.8 Å². The molecule has 2 aromatic rings. The molecule has 1 heterocycles. The first-order valence-corrected chi connectivity index (χ1v) is 23.9. The summed E-state index contributed by atoms with van der Waals surface area (Å²) in [4.78, 5) is 0. The normalized spacial score (nSPS) is 20.5. The predicted molar refractivity (Wildman–Crippen MR) is 134 cm³/mol. The van der Waals surface area contributed by atoms with Crippen LogP contribution in [0.25, 0.3) is 12.2 Å². The number of benzene rings is 2. The molecule has 0 saturated carbocycles. The van der Waals surface area contributed by atoms with Crippen molar-refractivity contribution in [3.63, 3.8) is 0 Å². The van der Waals surface area contributed by atoms with Crippen molar-refractivity contribution in [1.82, 2.24) is 0 Å². The SMILES string of the molecule is CCC1=Cc2c(C)cccc2[CH]1[Hf+2]([CH]1C(CC)=Cc2c(C)cccc21)=[Si]1CCCCC1.[Cl-].[Cl-]. The van der Waals surface area contributed by atoms with E-state index in [1.54, 1.807) is 45.5 Å². The first-order chi connectivity index (χ1) is 15.1. The van der Waals surface area contributed by atoms with E-state index in [0.717, 1.165) is 7.35 Å². The van der Waals surface area contributed by atoms with Gasteiger partial charge in [0.15, 0.2) is 0 Å². The van der Waals surface area contributed by atoms with E-state index in [4.69, 9.17) is 0 Å². The maximum absolute atomic E-state index is 2.63. The van der Waals surface area contributed by atoms with Crippen LogP contribution in [-0.4, -0.2) is 5.49 Å². The summed E-state index contributed by atoms with van der Waals surface area (Å²) < 4.78 is 1.67. The van der Waals surface area contributed by atoms with E-state index in [1.165, 1.54) is 43.2 Å². The molecule has 174 valence electrons. The Labute approximate surface area is 221 Å². The first-order valence-electron chi connectivity index (χ1n) is 12.5. The van der Waals surface area contributed by atoms with Crippen LogP contribution < -0.4 is 24.8 Å². The summed E-state index contributed by atoms with van der Waals surface area (Å²) in [6, 6.07) is 17.6. The molecule has 2 unspecified atom stereocenters. The number of hydrogen-bond acceptors (Lipinski definition) is 0. The van der Waals surface area contributed by atoms with Gasteiger partial charge in [-0.3, -0.25) is 0 Å². The van der Waals surface area contributed by atoms with Gasteiger partial charge in [-0.25, -0.2) is 0 Å². The van der Waals surface area contributed by atoms with Gasteiger partial charge in [0.1, 0.15) is 0 Å². The Hall–Kier alpha value is -0.413. The van der Waals surface area contributed by atoms with E-state index in [0.29, 0.717) is 0 Å². The zero-order valence-corrected chi connectivity index (χ0v) is 26.6. The van der Waals surface area contributed by atoms with Gasteiger partial charge in [0.2, 0.25) is 0 Å². The quantitative estimate of drug-likeness (QED) is 0.443. The number of halogens is 2. The van der Waals surface area contributed by atoms with Crippen molar-refractivity contribution >= 4 is 17.6 Å². The van der Waals surface area contributed by atoms with Crippen molar-refractivity contribution in [3.05, 3.63) is 80.9 Å². The van der Waals surface area contributed by atoms with Crippen LogP contribution in [0.5, 0.6) is 0 Å². The van der Waals surface area contributed by atoms with Crippen molar-refractivity contribution < 1.29 is 44.9 Å². The molecule has 2 atom stereocenters. The van der Waals surface area contributed by atoms with Crippen molar-refractivity contribution in [2.75, 3.05) is 0 Å². The molecular formula is C29H36Cl2HfSi. The van der Waals surface area contributed by atoms with Crippen LogP contribution in [-0.2, 0) is 20.1 Å². The Balaban J connectivity index is 0.00000153. The minimum Gasteiger partial charge on any atom is -1.00 e. The van der Waals surface area contributed by atoms with E-state index in [2.05, 4.69) is 76.2 Å². The van der Waals surface area contributed by atoms with Crippen LogP contribution in [0.1, 0.15) is 86.7 Å². The average Bonchev–Trinajstić information content (AvgIpc) is 3.36. The number of allylic oxidation sites excluding steroid dienone is 2. The van der Waals surface area contributed by atoms with Gasteiger partial charge in [0, 0.05) is 0 Å². The molecule has 0 radical (unpaired) electrons. The second-order valence-corrected chi connectivity index (χ2v) is 31.8. The molecule has 0 aromatic heterocycles. The minimum absolute atomic E-state index is 0. The Morgan fingerprint density at radius 1 is 0.727 bits per heavy atom. The molecule has 33 heavy (non-hydrogen) atoms. The fourth-order valence-electron chi connectivity index (χ4n) is 6.43. The Morgan fingerprint density at radius 3 is 1.61 bits per heavy atom. The molecule has 0 spiro atoms. The van der Waals surface area contributed by atoms with Gasteiger partial charge in [-0.05, 0) is 0 Å². The van der Waals surface area contributed by atoms with Crippen molar-refractivity contribution in [2.45, 2.75) is 79.2 Å². The van der Waals surface area contributed by atoms with Crippen LogP contribution in [0.4, 0.5) is 0 Å². The molecular weight excluding hydrogens is 626 g/mol. The van der Waals surface area contributed by atoms with Crippen LogP contribution in [0.2, 0.25) is 12.1 Å². The molecule has 2 aliphatic carbocycles. The standard InChI is InChI=1S/2C12H13.C5H10Si.2ClH.Hf/c2*1-3-10-7-11-6-4-5-9(2)12(11)8-10;1-2-4-6-5-3-1;;;/h2*4-8H,3H2,1-2H3;1-5H2;2*1H;/q;;;;;+2/p-2. The molecule has 0 amide bonds. The van der Waals surface area contributed by atoms with Gasteiger partial charge in [0.05, 0.1) is 0 Å². The van der Waals surface area contributed by atoms with E-state index in [-0.39, 0.29) is 30.3 Å². The van der Waals surface area contributed by atoms with E-state index < -0.39 is 20.1 Å². The first kappa shape index (κ1) is 27.2. The molecule has 2 aromatic carbocycles. The molecule has 1 fully saturated rings. The molecule has 0 bridgehead atoms. The zero-order chi connectivity index (χ0) is 21.5. The predicted octanol–water partition coefficient (Wildman–Crippen LogP) is 2.50. The third kappa shape index (κ3) is 4.84.